The third kappa shape index (κ3) is 1.92. The van der Waals surface area contributed by atoms with Crippen LogP contribution in [-0.2, 0) is 19.3 Å². The summed E-state index contributed by atoms with van der Waals surface area (Å²) in [6.07, 6.45) is 4.82. The van der Waals surface area contributed by atoms with Gasteiger partial charge in [0, 0.05) is 11.3 Å². The molecule has 0 fully saturated rings. The van der Waals surface area contributed by atoms with Crippen molar-refractivity contribution in [2.75, 3.05) is 0 Å². The van der Waals surface area contributed by atoms with Crippen molar-refractivity contribution in [1.82, 2.24) is 4.98 Å². The van der Waals surface area contributed by atoms with Crippen LogP contribution in [0.1, 0.15) is 35.3 Å². The van der Waals surface area contributed by atoms with E-state index in [1.807, 2.05) is 0 Å². The maximum atomic E-state index is 9.47. The number of aromatic nitrogens is 1. The normalized spacial score (nSPS) is 21.5. The number of aliphatic hydroxyl groups excluding tert-OH is 1. The van der Waals surface area contributed by atoms with Crippen molar-refractivity contribution in [1.29, 1.82) is 0 Å². The largest absolute Gasteiger partial charge is 0.393 e. The lowest BCUT2D eigenvalue weighted by atomic mass is 10.0. The maximum Gasteiger partial charge on any atom is 0.0931 e. The molecule has 13 heavy (non-hydrogen) atoms. The highest BCUT2D eigenvalue weighted by molar-refractivity contribution is 7.11. The van der Waals surface area contributed by atoms with Crippen molar-refractivity contribution >= 4 is 11.3 Å². The number of hydrogen-bond acceptors (Lipinski definition) is 3. The molecule has 3 heteroatoms. The van der Waals surface area contributed by atoms with Crippen LogP contribution in [0.15, 0.2) is 0 Å². The second-order valence-electron chi connectivity index (χ2n) is 3.62. The fraction of sp³-hybridized carbons (Fsp3) is 0.700. The zero-order valence-electron chi connectivity index (χ0n) is 7.92. The predicted octanol–water partition coefficient (Wildman–Crippen LogP) is 1.95. The van der Waals surface area contributed by atoms with Crippen LogP contribution in [0, 0.1) is 0 Å². The van der Waals surface area contributed by atoms with Crippen LogP contribution in [-0.4, -0.2) is 16.2 Å². The fourth-order valence-corrected chi connectivity index (χ4v) is 3.02. The molecule has 0 radical (unpaired) electrons. The van der Waals surface area contributed by atoms with Gasteiger partial charge in [0.15, 0.2) is 0 Å². The number of thiazole rings is 1. The summed E-state index contributed by atoms with van der Waals surface area (Å²) in [6, 6.07) is 0. The highest BCUT2D eigenvalue weighted by Crippen LogP contribution is 2.27. The molecular formula is C10H15NOS. The summed E-state index contributed by atoms with van der Waals surface area (Å²) in [5.41, 5.74) is 1.25. The van der Waals surface area contributed by atoms with Gasteiger partial charge in [-0.25, -0.2) is 4.98 Å². The molecule has 2 nitrogen and oxygen atoms in total. The Labute approximate surface area is 82.6 Å². The van der Waals surface area contributed by atoms with Gasteiger partial charge in [0.25, 0.3) is 0 Å². The number of aryl methyl sites for hydroxylation is 2. The zero-order valence-corrected chi connectivity index (χ0v) is 8.73. The molecular weight excluding hydrogens is 182 g/mol. The van der Waals surface area contributed by atoms with Gasteiger partial charge in [-0.2, -0.15) is 0 Å². The first-order chi connectivity index (χ1) is 6.29. The van der Waals surface area contributed by atoms with E-state index in [-0.39, 0.29) is 6.10 Å². The van der Waals surface area contributed by atoms with E-state index < -0.39 is 0 Å². The van der Waals surface area contributed by atoms with Gasteiger partial charge in [0.1, 0.15) is 0 Å². The topological polar surface area (TPSA) is 33.1 Å². The SMILES string of the molecule is CCCc1nc2c(s1)CC(O)CC2. The highest BCUT2D eigenvalue weighted by Gasteiger charge is 2.20. The first-order valence-electron chi connectivity index (χ1n) is 4.95. The molecule has 0 spiro atoms. The van der Waals surface area contributed by atoms with Gasteiger partial charge in [-0.1, -0.05) is 6.92 Å². The van der Waals surface area contributed by atoms with E-state index in [9.17, 15) is 5.11 Å². The lowest BCUT2D eigenvalue weighted by molar-refractivity contribution is 0.159. The van der Waals surface area contributed by atoms with Crippen LogP contribution < -0.4 is 0 Å². The Kier molecular flexibility index (Phi) is 2.65. The van der Waals surface area contributed by atoms with Crippen LogP contribution in [0.4, 0.5) is 0 Å². The van der Waals surface area contributed by atoms with Crippen LogP contribution >= 0.6 is 11.3 Å². The van der Waals surface area contributed by atoms with E-state index in [4.69, 9.17) is 0 Å². The second-order valence-corrected chi connectivity index (χ2v) is 4.79. The van der Waals surface area contributed by atoms with E-state index in [1.165, 1.54) is 15.6 Å². The minimum atomic E-state index is -0.123. The van der Waals surface area contributed by atoms with Gasteiger partial charge < -0.3 is 5.11 Å². The molecule has 0 aliphatic heterocycles. The van der Waals surface area contributed by atoms with Gasteiger partial charge in [-0.05, 0) is 25.7 Å². The van der Waals surface area contributed by atoms with Gasteiger partial charge >= 0.3 is 0 Å². The maximum absolute atomic E-state index is 9.47. The quantitative estimate of drug-likeness (QED) is 0.786. The summed E-state index contributed by atoms with van der Waals surface area (Å²) in [5, 5.41) is 10.7. The predicted molar refractivity (Wildman–Crippen MR) is 54.1 cm³/mol. The molecule has 1 aliphatic carbocycles. The van der Waals surface area contributed by atoms with E-state index in [0.29, 0.717) is 0 Å². The lowest BCUT2D eigenvalue weighted by Gasteiger charge is -2.14. The molecule has 0 saturated carbocycles. The summed E-state index contributed by atoms with van der Waals surface area (Å²) in [4.78, 5) is 5.90. The Balaban J connectivity index is 2.18. The molecule has 2 rings (SSSR count). The van der Waals surface area contributed by atoms with E-state index >= 15 is 0 Å². The number of nitrogens with zero attached hydrogens (tertiary/aromatic N) is 1. The number of aliphatic hydroxyl groups is 1. The molecule has 0 amide bonds. The van der Waals surface area contributed by atoms with Crippen LogP contribution in [0.25, 0.3) is 0 Å². The minimum absolute atomic E-state index is 0.123. The zero-order chi connectivity index (χ0) is 9.26. The van der Waals surface area contributed by atoms with Crippen molar-refractivity contribution in [2.24, 2.45) is 0 Å². The molecule has 72 valence electrons. The molecule has 1 atom stereocenters. The summed E-state index contributed by atoms with van der Waals surface area (Å²) >= 11 is 1.79. The Bertz CT molecular complexity index is 295. The van der Waals surface area contributed by atoms with Crippen molar-refractivity contribution in [3.05, 3.63) is 15.6 Å². The van der Waals surface area contributed by atoms with Crippen LogP contribution in [0.2, 0.25) is 0 Å². The molecule has 1 unspecified atom stereocenters. The minimum Gasteiger partial charge on any atom is -0.393 e. The Morgan fingerprint density at radius 3 is 3.23 bits per heavy atom. The number of rotatable bonds is 2. The Morgan fingerprint density at radius 1 is 1.62 bits per heavy atom. The first-order valence-corrected chi connectivity index (χ1v) is 5.76. The van der Waals surface area contributed by atoms with Crippen LogP contribution in [0.3, 0.4) is 0 Å². The lowest BCUT2D eigenvalue weighted by Crippen LogP contribution is -2.17. The molecule has 1 aliphatic rings. The second kappa shape index (κ2) is 3.76. The summed E-state index contributed by atoms with van der Waals surface area (Å²) < 4.78 is 0. The third-order valence-electron chi connectivity index (χ3n) is 2.42. The monoisotopic (exact) mass is 197 g/mol. The van der Waals surface area contributed by atoms with Gasteiger partial charge in [0.2, 0.25) is 0 Å². The summed E-state index contributed by atoms with van der Waals surface area (Å²) in [5.74, 6) is 0. The van der Waals surface area contributed by atoms with E-state index in [1.54, 1.807) is 11.3 Å². The van der Waals surface area contributed by atoms with Crippen molar-refractivity contribution < 1.29 is 5.11 Å². The first kappa shape index (κ1) is 9.16. The molecule has 0 saturated heterocycles. The summed E-state index contributed by atoms with van der Waals surface area (Å²) in [7, 11) is 0. The van der Waals surface area contributed by atoms with Gasteiger partial charge in [-0.15, -0.1) is 11.3 Å². The van der Waals surface area contributed by atoms with Crippen molar-refractivity contribution in [3.8, 4) is 0 Å². The smallest absolute Gasteiger partial charge is 0.0931 e. The molecule has 0 bridgehead atoms. The number of fused-ring (bicyclic) bond motifs is 1. The number of hydrogen-bond donors (Lipinski definition) is 1. The molecule has 0 aromatic carbocycles. The van der Waals surface area contributed by atoms with Crippen molar-refractivity contribution in [3.63, 3.8) is 0 Å². The molecule has 1 aromatic rings. The summed E-state index contributed by atoms with van der Waals surface area (Å²) in [6.45, 7) is 2.18. The molecule has 1 aromatic heterocycles. The molecule has 1 N–H and O–H groups in total. The Morgan fingerprint density at radius 2 is 2.46 bits per heavy atom. The average molecular weight is 197 g/mol. The van der Waals surface area contributed by atoms with E-state index in [2.05, 4.69) is 11.9 Å². The fourth-order valence-electron chi connectivity index (χ4n) is 1.73. The standard InChI is InChI=1S/C10H15NOS/c1-2-3-10-11-8-5-4-7(12)6-9(8)13-10/h7,12H,2-6H2,1H3. The van der Waals surface area contributed by atoms with Gasteiger partial charge in [0.05, 0.1) is 16.8 Å². The Hall–Kier alpha value is -0.410. The van der Waals surface area contributed by atoms with Gasteiger partial charge in [-0.3, -0.25) is 0 Å². The highest BCUT2D eigenvalue weighted by atomic mass is 32.1. The average Bonchev–Trinajstić information content (AvgIpc) is 2.46. The third-order valence-corrected chi connectivity index (χ3v) is 3.60. The van der Waals surface area contributed by atoms with E-state index in [0.717, 1.165) is 32.1 Å². The van der Waals surface area contributed by atoms with Crippen LogP contribution in [0.5, 0.6) is 0 Å². The van der Waals surface area contributed by atoms with Crippen molar-refractivity contribution in [2.45, 2.75) is 45.1 Å². The molecule has 1 heterocycles.